The lowest BCUT2D eigenvalue weighted by atomic mass is 10.2. The average Bonchev–Trinajstić information content (AvgIpc) is 3.16. The van der Waals surface area contributed by atoms with Gasteiger partial charge in [0.1, 0.15) is 12.4 Å². The second kappa shape index (κ2) is 8.39. The minimum Gasteiger partial charge on any atom is -0.444 e. The lowest BCUT2D eigenvalue weighted by Crippen LogP contribution is -2.17. The molecule has 0 aliphatic rings. The molecule has 8 nitrogen and oxygen atoms in total. The lowest BCUT2D eigenvalue weighted by molar-refractivity contribution is 0.155. The predicted molar refractivity (Wildman–Crippen MR) is 108 cm³/mol. The molecule has 0 saturated carbocycles. The first kappa shape index (κ1) is 19.1. The topological polar surface area (TPSA) is 102 Å². The highest BCUT2D eigenvalue weighted by Gasteiger charge is 2.11. The molecule has 0 aliphatic heterocycles. The highest BCUT2D eigenvalue weighted by Crippen LogP contribution is 2.14. The van der Waals surface area contributed by atoms with Gasteiger partial charge in [0.15, 0.2) is 5.82 Å². The maximum absolute atomic E-state index is 12.9. The first-order valence-corrected chi connectivity index (χ1v) is 8.95. The van der Waals surface area contributed by atoms with Crippen LogP contribution in [0.3, 0.4) is 0 Å². The minimum absolute atomic E-state index is 0.0130. The van der Waals surface area contributed by atoms with Gasteiger partial charge in [-0.2, -0.15) is 0 Å². The maximum Gasteiger partial charge on any atom is 0.411 e. The molecule has 0 bridgehead atoms. The zero-order valence-corrected chi connectivity index (χ0v) is 15.6. The number of pyridine rings is 2. The summed E-state index contributed by atoms with van der Waals surface area (Å²) in [6.07, 6.45) is 5.68. The molecule has 30 heavy (non-hydrogen) atoms. The van der Waals surface area contributed by atoms with E-state index in [1.165, 1.54) is 35.1 Å². The summed E-state index contributed by atoms with van der Waals surface area (Å²) < 4.78 is 19.3. The summed E-state index contributed by atoms with van der Waals surface area (Å²) in [7, 11) is 0. The fraction of sp³-hybridized carbons (Fsp3) is 0.0476. The van der Waals surface area contributed by atoms with E-state index in [2.05, 4.69) is 20.4 Å². The van der Waals surface area contributed by atoms with Gasteiger partial charge in [-0.1, -0.05) is 12.1 Å². The van der Waals surface area contributed by atoms with Crippen LogP contribution in [0.25, 0.3) is 16.9 Å². The average molecular weight is 405 g/mol. The smallest absolute Gasteiger partial charge is 0.411 e. The van der Waals surface area contributed by atoms with Gasteiger partial charge >= 0.3 is 6.09 Å². The number of benzene rings is 1. The van der Waals surface area contributed by atoms with Crippen LogP contribution in [0.5, 0.6) is 0 Å². The Morgan fingerprint density at radius 1 is 1.13 bits per heavy atom. The van der Waals surface area contributed by atoms with E-state index in [1.54, 1.807) is 42.9 Å². The van der Waals surface area contributed by atoms with E-state index in [-0.39, 0.29) is 12.2 Å². The number of hydrogen-bond donors (Lipinski definition) is 2. The van der Waals surface area contributed by atoms with Crippen molar-refractivity contribution in [1.29, 1.82) is 0 Å². The van der Waals surface area contributed by atoms with Gasteiger partial charge in [0.2, 0.25) is 0 Å². The third-order valence-corrected chi connectivity index (χ3v) is 4.24. The summed E-state index contributed by atoms with van der Waals surface area (Å²) in [4.78, 5) is 32.7. The van der Waals surface area contributed by atoms with E-state index >= 15 is 0 Å². The molecule has 3 aromatic heterocycles. The number of aromatic amines is 1. The summed E-state index contributed by atoms with van der Waals surface area (Å²) in [5.74, 6) is 0.00321. The molecule has 9 heteroatoms. The number of nitrogens with zero attached hydrogens (tertiary/aromatic N) is 3. The van der Waals surface area contributed by atoms with Crippen LogP contribution in [0.4, 0.5) is 14.9 Å². The van der Waals surface area contributed by atoms with E-state index < -0.39 is 11.9 Å². The fourth-order valence-electron chi connectivity index (χ4n) is 2.74. The second-order valence-electron chi connectivity index (χ2n) is 6.30. The molecule has 0 radical (unpaired) electrons. The highest BCUT2D eigenvalue weighted by molar-refractivity contribution is 5.84. The van der Waals surface area contributed by atoms with Gasteiger partial charge in [-0.25, -0.2) is 18.9 Å². The van der Waals surface area contributed by atoms with E-state index in [0.29, 0.717) is 28.2 Å². The van der Waals surface area contributed by atoms with Crippen molar-refractivity contribution in [3.8, 4) is 16.9 Å². The number of halogens is 1. The van der Waals surface area contributed by atoms with Crippen molar-refractivity contribution in [2.45, 2.75) is 6.61 Å². The molecular weight excluding hydrogens is 389 g/mol. The Hall–Kier alpha value is -4.27. The third-order valence-electron chi connectivity index (χ3n) is 4.24. The highest BCUT2D eigenvalue weighted by atomic mass is 19.1. The predicted octanol–water partition coefficient (Wildman–Crippen LogP) is 3.51. The molecule has 1 amide bonds. The standard InChI is InChI=1S/C21H16FN5O3/c22-16-4-6-17(7-5-16)26-21(29)30-13-14-3-8-19(24-10-14)27-20(28)18(12-25-27)15-2-1-9-23-11-15/h1-12,25H,13H2,(H,26,29). The monoisotopic (exact) mass is 405 g/mol. The van der Waals surface area contributed by atoms with E-state index in [1.807, 2.05) is 0 Å². The van der Waals surface area contributed by atoms with Crippen LogP contribution >= 0.6 is 0 Å². The van der Waals surface area contributed by atoms with Crippen LogP contribution in [0.1, 0.15) is 5.56 Å². The molecule has 2 N–H and O–H groups in total. The Labute approximate surface area is 170 Å². The Morgan fingerprint density at radius 2 is 1.97 bits per heavy atom. The third kappa shape index (κ3) is 4.25. The zero-order valence-electron chi connectivity index (χ0n) is 15.6. The SMILES string of the molecule is O=C(Nc1ccc(F)cc1)OCc1ccc(-n2[nH]cc(-c3cccnc3)c2=O)nc1. The maximum atomic E-state index is 12.9. The van der Waals surface area contributed by atoms with Crippen molar-refractivity contribution in [1.82, 2.24) is 19.7 Å². The van der Waals surface area contributed by atoms with E-state index in [4.69, 9.17) is 4.74 Å². The first-order chi connectivity index (χ1) is 14.6. The van der Waals surface area contributed by atoms with Crippen LogP contribution in [-0.2, 0) is 11.3 Å². The normalized spacial score (nSPS) is 10.6. The molecule has 150 valence electrons. The van der Waals surface area contributed by atoms with Gasteiger partial charge in [-0.15, -0.1) is 0 Å². The molecular formula is C21H16FN5O3. The molecule has 4 aromatic rings. The van der Waals surface area contributed by atoms with Crippen LogP contribution in [0.2, 0.25) is 0 Å². The van der Waals surface area contributed by atoms with Gasteiger partial charge in [0, 0.05) is 41.6 Å². The van der Waals surface area contributed by atoms with Crippen LogP contribution in [0, 0.1) is 5.82 Å². The number of anilines is 1. The number of carbonyl (C=O) groups is 1. The molecule has 1 aromatic carbocycles. The van der Waals surface area contributed by atoms with Crippen molar-refractivity contribution < 1.29 is 13.9 Å². The van der Waals surface area contributed by atoms with Crippen molar-refractivity contribution in [3.05, 3.63) is 95.1 Å². The first-order valence-electron chi connectivity index (χ1n) is 8.95. The summed E-state index contributed by atoms with van der Waals surface area (Å²) in [6.45, 7) is -0.0130. The largest absolute Gasteiger partial charge is 0.444 e. The Bertz CT molecular complexity index is 1200. The number of nitrogens with one attached hydrogen (secondary N) is 2. The molecule has 0 spiro atoms. The molecule has 3 heterocycles. The van der Waals surface area contributed by atoms with E-state index in [9.17, 15) is 14.0 Å². The van der Waals surface area contributed by atoms with Gasteiger partial charge < -0.3 is 4.74 Å². The summed E-state index contributed by atoms with van der Waals surface area (Å²) >= 11 is 0. The molecule has 0 unspecified atom stereocenters. The molecule has 0 aliphatic carbocycles. The van der Waals surface area contributed by atoms with Crippen molar-refractivity contribution in [3.63, 3.8) is 0 Å². The molecule has 4 rings (SSSR count). The van der Waals surface area contributed by atoms with Gasteiger partial charge in [-0.05, 0) is 36.4 Å². The molecule has 0 fully saturated rings. The summed E-state index contributed by atoms with van der Waals surface area (Å²) in [5, 5.41) is 5.38. The number of ether oxygens (including phenoxy) is 1. The Kier molecular flexibility index (Phi) is 5.33. The van der Waals surface area contributed by atoms with Crippen molar-refractivity contribution >= 4 is 11.8 Å². The van der Waals surface area contributed by atoms with Crippen LogP contribution < -0.4 is 10.9 Å². The van der Waals surface area contributed by atoms with Crippen molar-refractivity contribution in [2.75, 3.05) is 5.32 Å². The number of H-pyrrole nitrogens is 1. The van der Waals surface area contributed by atoms with E-state index in [0.717, 1.165) is 0 Å². The minimum atomic E-state index is -0.674. The Morgan fingerprint density at radius 3 is 2.67 bits per heavy atom. The van der Waals surface area contributed by atoms with Gasteiger partial charge in [-0.3, -0.25) is 20.2 Å². The Balaban J connectivity index is 1.40. The van der Waals surface area contributed by atoms with Crippen LogP contribution in [0.15, 0.2) is 78.1 Å². The lowest BCUT2D eigenvalue weighted by Gasteiger charge is -2.07. The molecule has 0 atom stereocenters. The van der Waals surface area contributed by atoms with Crippen molar-refractivity contribution in [2.24, 2.45) is 0 Å². The molecule has 0 saturated heterocycles. The fourth-order valence-corrected chi connectivity index (χ4v) is 2.74. The summed E-state index contributed by atoms with van der Waals surface area (Å²) in [6, 6.07) is 12.2. The number of carbonyl (C=O) groups excluding carboxylic acids is 1. The second-order valence-corrected chi connectivity index (χ2v) is 6.30. The van der Waals surface area contributed by atoms with Gasteiger partial charge in [0.25, 0.3) is 5.56 Å². The number of hydrogen-bond acceptors (Lipinski definition) is 5. The summed E-state index contributed by atoms with van der Waals surface area (Å²) in [5.41, 5.74) is 1.99. The number of amides is 1. The van der Waals surface area contributed by atoms with Gasteiger partial charge in [0.05, 0.1) is 5.56 Å². The number of aromatic nitrogens is 4. The number of rotatable bonds is 5. The zero-order chi connectivity index (χ0) is 20.9. The van der Waals surface area contributed by atoms with Crippen LogP contribution in [-0.4, -0.2) is 25.8 Å². The quantitative estimate of drug-likeness (QED) is 0.529.